The molecule has 1 saturated heterocycles. The van der Waals surface area contributed by atoms with E-state index in [4.69, 9.17) is 4.74 Å². The van der Waals surface area contributed by atoms with Crippen molar-refractivity contribution in [1.29, 1.82) is 0 Å². The van der Waals surface area contributed by atoms with E-state index in [0.717, 1.165) is 18.4 Å². The number of aromatic nitrogens is 3. The summed E-state index contributed by atoms with van der Waals surface area (Å²) in [4.78, 5) is 18.6. The Kier molecular flexibility index (Phi) is 4.03. The Labute approximate surface area is 127 Å². The van der Waals surface area contributed by atoms with Gasteiger partial charge >= 0.3 is 0 Å². The summed E-state index contributed by atoms with van der Waals surface area (Å²) in [6.07, 6.45) is 5.50. The van der Waals surface area contributed by atoms with Crippen LogP contribution in [0.5, 0.6) is 0 Å². The van der Waals surface area contributed by atoms with Crippen LogP contribution >= 0.6 is 11.3 Å². The SMILES string of the molecule is CO[C@H]1CCN(C(=O)c2cscn2)[C@H]1Cc1cnn(C)c1. The number of carbonyl (C=O) groups is 1. The van der Waals surface area contributed by atoms with E-state index in [-0.39, 0.29) is 18.1 Å². The van der Waals surface area contributed by atoms with Crippen LogP contribution in [0.4, 0.5) is 0 Å². The molecule has 0 bridgehead atoms. The van der Waals surface area contributed by atoms with E-state index < -0.39 is 0 Å². The lowest BCUT2D eigenvalue weighted by Gasteiger charge is -2.26. The van der Waals surface area contributed by atoms with Crippen molar-refractivity contribution in [3.8, 4) is 0 Å². The molecule has 2 aromatic rings. The Bertz CT molecular complexity index is 610. The maximum atomic E-state index is 12.6. The molecular weight excluding hydrogens is 288 g/mol. The number of ether oxygens (including phenoxy) is 1. The molecule has 2 atom stereocenters. The van der Waals surface area contributed by atoms with Gasteiger partial charge in [0.05, 0.1) is 23.9 Å². The minimum absolute atomic E-state index is 0.00955. The highest BCUT2D eigenvalue weighted by atomic mass is 32.1. The van der Waals surface area contributed by atoms with Crippen molar-refractivity contribution in [2.24, 2.45) is 7.05 Å². The molecule has 3 rings (SSSR count). The van der Waals surface area contributed by atoms with E-state index in [1.165, 1.54) is 11.3 Å². The van der Waals surface area contributed by atoms with Gasteiger partial charge in [-0.25, -0.2) is 4.98 Å². The van der Waals surface area contributed by atoms with Crippen LogP contribution in [0, 0.1) is 0 Å². The van der Waals surface area contributed by atoms with Crippen LogP contribution in [-0.2, 0) is 18.2 Å². The molecule has 1 fully saturated rings. The third kappa shape index (κ3) is 2.84. The third-order valence-corrected chi connectivity index (χ3v) is 4.49. The van der Waals surface area contributed by atoms with Crippen molar-refractivity contribution in [2.45, 2.75) is 25.0 Å². The molecule has 21 heavy (non-hydrogen) atoms. The normalized spacial score (nSPS) is 21.9. The van der Waals surface area contributed by atoms with Gasteiger partial charge in [0.1, 0.15) is 5.69 Å². The molecule has 1 amide bonds. The Morgan fingerprint density at radius 1 is 1.57 bits per heavy atom. The maximum Gasteiger partial charge on any atom is 0.273 e. The molecule has 0 spiro atoms. The first-order valence-electron chi connectivity index (χ1n) is 6.88. The molecule has 112 valence electrons. The van der Waals surface area contributed by atoms with Crippen LogP contribution in [0.2, 0.25) is 0 Å². The van der Waals surface area contributed by atoms with Crippen molar-refractivity contribution in [2.75, 3.05) is 13.7 Å². The summed E-state index contributed by atoms with van der Waals surface area (Å²) in [6.45, 7) is 0.708. The van der Waals surface area contributed by atoms with Crippen molar-refractivity contribution in [1.82, 2.24) is 19.7 Å². The Hall–Kier alpha value is -1.73. The quantitative estimate of drug-likeness (QED) is 0.855. The van der Waals surface area contributed by atoms with Crippen molar-refractivity contribution in [3.05, 3.63) is 34.5 Å². The lowest BCUT2D eigenvalue weighted by atomic mass is 10.0. The average Bonchev–Trinajstić information content (AvgIpc) is 3.19. The second kappa shape index (κ2) is 5.95. The summed E-state index contributed by atoms with van der Waals surface area (Å²) in [7, 11) is 3.60. The zero-order valence-corrected chi connectivity index (χ0v) is 12.9. The highest BCUT2D eigenvalue weighted by molar-refractivity contribution is 7.07. The Balaban J connectivity index is 1.80. The smallest absolute Gasteiger partial charge is 0.273 e. The predicted octanol–water partition coefficient (Wildman–Crippen LogP) is 1.35. The second-order valence-corrected chi connectivity index (χ2v) is 5.95. The van der Waals surface area contributed by atoms with E-state index in [1.807, 2.05) is 24.3 Å². The number of thiazole rings is 1. The molecule has 0 aliphatic carbocycles. The molecule has 7 heteroatoms. The molecule has 0 radical (unpaired) electrons. The molecular formula is C14H18N4O2S. The molecule has 1 aliphatic rings. The van der Waals surface area contributed by atoms with Crippen LogP contribution < -0.4 is 0 Å². The third-order valence-electron chi connectivity index (χ3n) is 3.90. The Morgan fingerprint density at radius 3 is 3.05 bits per heavy atom. The van der Waals surface area contributed by atoms with Gasteiger partial charge in [0.2, 0.25) is 0 Å². The summed E-state index contributed by atoms with van der Waals surface area (Å²) in [5.41, 5.74) is 3.32. The number of carbonyl (C=O) groups excluding carboxylic acids is 1. The summed E-state index contributed by atoms with van der Waals surface area (Å²) in [6, 6.07) is 0.0356. The fourth-order valence-electron chi connectivity index (χ4n) is 2.88. The van der Waals surface area contributed by atoms with Crippen LogP contribution in [-0.4, -0.2) is 51.4 Å². The molecule has 0 saturated carbocycles. The highest BCUT2D eigenvalue weighted by Crippen LogP contribution is 2.25. The number of likely N-dealkylation sites (tertiary alicyclic amines) is 1. The molecule has 1 aliphatic heterocycles. The summed E-state index contributed by atoms with van der Waals surface area (Å²) in [5, 5.41) is 5.99. The van der Waals surface area contributed by atoms with E-state index >= 15 is 0 Å². The zero-order chi connectivity index (χ0) is 14.8. The number of aryl methyl sites for hydroxylation is 1. The first kappa shape index (κ1) is 14.2. The van der Waals surface area contributed by atoms with Gasteiger partial charge in [-0.15, -0.1) is 11.3 Å². The van der Waals surface area contributed by atoms with Gasteiger partial charge in [-0.1, -0.05) is 0 Å². The van der Waals surface area contributed by atoms with Crippen LogP contribution in [0.3, 0.4) is 0 Å². The van der Waals surface area contributed by atoms with Gasteiger partial charge in [0, 0.05) is 32.3 Å². The number of methoxy groups -OCH3 is 1. The summed E-state index contributed by atoms with van der Waals surface area (Å²) in [5.74, 6) is -0.00955. The fourth-order valence-corrected chi connectivity index (χ4v) is 3.40. The predicted molar refractivity (Wildman–Crippen MR) is 79.3 cm³/mol. The largest absolute Gasteiger partial charge is 0.379 e. The second-order valence-electron chi connectivity index (χ2n) is 5.23. The topological polar surface area (TPSA) is 60.2 Å². The van der Waals surface area contributed by atoms with Gasteiger partial charge in [0.25, 0.3) is 5.91 Å². The van der Waals surface area contributed by atoms with Crippen LogP contribution in [0.15, 0.2) is 23.3 Å². The van der Waals surface area contributed by atoms with Gasteiger partial charge in [-0.3, -0.25) is 9.48 Å². The van der Waals surface area contributed by atoms with E-state index in [0.29, 0.717) is 12.2 Å². The highest BCUT2D eigenvalue weighted by Gasteiger charge is 2.38. The van der Waals surface area contributed by atoms with Crippen molar-refractivity contribution >= 4 is 17.2 Å². The molecule has 0 unspecified atom stereocenters. The van der Waals surface area contributed by atoms with Crippen LogP contribution in [0.1, 0.15) is 22.5 Å². The number of hydrogen-bond donors (Lipinski definition) is 0. The minimum Gasteiger partial charge on any atom is -0.379 e. The van der Waals surface area contributed by atoms with Crippen molar-refractivity contribution < 1.29 is 9.53 Å². The summed E-state index contributed by atoms with van der Waals surface area (Å²) < 4.78 is 7.34. The van der Waals surface area contributed by atoms with Gasteiger partial charge in [0.15, 0.2) is 0 Å². The maximum absolute atomic E-state index is 12.6. The number of nitrogens with zero attached hydrogens (tertiary/aromatic N) is 4. The minimum atomic E-state index is -0.00955. The zero-order valence-electron chi connectivity index (χ0n) is 12.1. The van der Waals surface area contributed by atoms with Crippen LogP contribution in [0.25, 0.3) is 0 Å². The Morgan fingerprint density at radius 2 is 2.43 bits per heavy atom. The number of rotatable bonds is 4. The number of amides is 1. The lowest BCUT2D eigenvalue weighted by Crippen LogP contribution is -2.41. The van der Waals surface area contributed by atoms with Gasteiger partial charge < -0.3 is 9.64 Å². The lowest BCUT2D eigenvalue weighted by molar-refractivity contribution is 0.0505. The van der Waals surface area contributed by atoms with E-state index in [1.54, 1.807) is 22.7 Å². The first-order chi connectivity index (χ1) is 10.2. The monoisotopic (exact) mass is 306 g/mol. The molecule has 6 nitrogen and oxygen atoms in total. The van der Waals surface area contributed by atoms with Crippen molar-refractivity contribution in [3.63, 3.8) is 0 Å². The average molecular weight is 306 g/mol. The molecule has 2 aromatic heterocycles. The van der Waals surface area contributed by atoms with Gasteiger partial charge in [-0.05, 0) is 18.4 Å². The molecule has 0 N–H and O–H groups in total. The first-order valence-corrected chi connectivity index (χ1v) is 7.83. The number of hydrogen-bond acceptors (Lipinski definition) is 5. The van der Waals surface area contributed by atoms with Gasteiger partial charge in [-0.2, -0.15) is 5.10 Å². The van der Waals surface area contributed by atoms with E-state index in [9.17, 15) is 4.79 Å². The van der Waals surface area contributed by atoms with E-state index in [2.05, 4.69) is 10.1 Å². The molecule has 0 aromatic carbocycles. The summed E-state index contributed by atoms with van der Waals surface area (Å²) >= 11 is 1.44. The standard InChI is InChI=1S/C14H18N4O2S/c1-17-7-10(6-16-17)5-12-13(20-2)3-4-18(12)14(19)11-8-21-9-15-11/h6-9,12-13H,3-5H2,1-2H3/t12-,13-/m0/s1. The molecule has 3 heterocycles. The fraction of sp³-hybridized carbons (Fsp3) is 0.500.